The topological polar surface area (TPSA) is 70.0 Å². The van der Waals surface area contributed by atoms with Gasteiger partial charge in [0.15, 0.2) is 24.8 Å². The summed E-state index contributed by atoms with van der Waals surface area (Å²) in [6.45, 7) is 0. The van der Waals surface area contributed by atoms with E-state index in [1.807, 2.05) is 107 Å². The van der Waals surface area contributed by atoms with Gasteiger partial charge in [-0.25, -0.2) is 0 Å². The van der Waals surface area contributed by atoms with E-state index in [2.05, 4.69) is 34.6 Å². The summed E-state index contributed by atoms with van der Waals surface area (Å²) in [4.78, 5) is 16.9. The molecule has 192 valence electrons. The molecule has 6 heteroatoms. The molecule has 0 saturated heterocycles. The molecule has 0 fully saturated rings. The average molecular weight is 523 g/mol. The van der Waals surface area contributed by atoms with Gasteiger partial charge in [-0.05, 0) is 47.5 Å². The number of rotatable bonds is 6. The van der Waals surface area contributed by atoms with Gasteiger partial charge in [0.2, 0.25) is 11.4 Å². The van der Waals surface area contributed by atoms with Gasteiger partial charge in [0.25, 0.3) is 5.91 Å². The molecule has 3 heterocycles. The van der Waals surface area contributed by atoms with Gasteiger partial charge in [-0.1, -0.05) is 30.3 Å². The fourth-order valence-corrected chi connectivity index (χ4v) is 4.53. The Hall–Kier alpha value is -5.62. The van der Waals surface area contributed by atoms with Crippen LogP contribution in [0.25, 0.3) is 33.8 Å². The maximum atomic E-state index is 12.5. The molecule has 0 spiro atoms. The number of nitrogens with zero attached hydrogens (tertiary/aromatic N) is 3. The summed E-state index contributed by atoms with van der Waals surface area (Å²) in [7, 11) is 0. The first kappa shape index (κ1) is 24.7. The summed E-state index contributed by atoms with van der Waals surface area (Å²) in [6, 6.07) is 36.3. The van der Waals surface area contributed by atoms with Crippen LogP contribution in [0.4, 0.5) is 5.69 Å². The second-order valence-electron chi connectivity index (χ2n) is 9.28. The van der Waals surface area contributed by atoms with E-state index < -0.39 is 0 Å². The zero-order chi connectivity index (χ0) is 27.3. The zero-order valence-electron chi connectivity index (χ0n) is 21.6. The Morgan fingerprint density at radius 1 is 0.650 bits per heavy atom. The fourth-order valence-electron chi connectivity index (χ4n) is 4.53. The molecule has 6 rings (SSSR count). The average Bonchev–Trinajstić information content (AvgIpc) is 3.02. The highest BCUT2D eigenvalue weighted by atomic mass is 16.3. The monoisotopic (exact) mass is 522 g/mol. The van der Waals surface area contributed by atoms with Crippen molar-refractivity contribution in [2.24, 2.45) is 0 Å². The number of hydrogen-bond acceptors (Lipinski definition) is 3. The summed E-state index contributed by atoms with van der Waals surface area (Å²) >= 11 is 0. The van der Waals surface area contributed by atoms with Crippen molar-refractivity contribution in [3.63, 3.8) is 0 Å². The highest BCUT2D eigenvalue weighted by Crippen LogP contribution is 2.28. The van der Waals surface area contributed by atoms with Crippen LogP contribution < -0.4 is 14.5 Å². The molecule has 3 aromatic heterocycles. The third-order valence-electron chi connectivity index (χ3n) is 6.65. The van der Waals surface area contributed by atoms with Crippen LogP contribution in [0.2, 0.25) is 0 Å². The van der Waals surface area contributed by atoms with E-state index >= 15 is 0 Å². The van der Waals surface area contributed by atoms with Gasteiger partial charge in [0.05, 0.1) is 5.69 Å². The molecule has 0 radical (unpaired) electrons. The van der Waals surface area contributed by atoms with Gasteiger partial charge in [0.1, 0.15) is 5.75 Å². The van der Waals surface area contributed by atoms with Gasteiger partial charge in [0, 0.05) is 71.5 Å². The van der Waals surface area contributed by atoms with Gasteiger partial charge in [-0.3, -0.25) is 9.78 Å². The number of anilines is 1. The second kappa shape index (κ2) is 11.0. The number of phenols is 1. The van der Waals surface area contributed by atoms with Crippen molar-refractivity contribution in [2.75, 3.05) is 5.32 Å². The predicted molar refractivity (Wildman–Crippen MR) is 154 cm³/mol. The highest BCUT2D eigenvalue weighted by Gasteiger charge is 2.14. The van der Waals surface area contributed by atoms with Crippen LogP contribution in [-0.2, 0) is 0 Å². The molecule has 3 aromatic carbocycles. The van der Waals surface area contributed by atoms with E-state index in [-0.39, 0.29) is 11.7 Å². The standard InChI is InChI=1S/C34H24N4O2/c39-33-13-12-30(24-31(33)32-11-4-5-18-35-32)38-21-16-26(17-22-38)25-14-19-37(20-15-25)29-10-6-9-28(23-29)36-34(40)27-7-2-1-3-8-27/h1-24H/p+2. The van der Waals surface area contributed by atoms with Crippen molar-refractivity contribution in [1.29, 1.82) is 0 Å². The van der Waals surface area contributed by atoms with Crippen LogP contribution in [0.5, 0.6) is 5.75 Å². The molecule has 0 aliphatic rings. The summed E-state index contributed by atoms with van der Waals surface area (Å²) in [5.41, 5.74) is 6.79. The largest absolute Gasteiger partial charge is 0.507 e. The maximum Gasteiger partial charge on any atom is 0.255 e. The Kier molecular flexibility index (Phi) is 6.80. The number of nitrogens with one attached hydrogen (secondary N) is 1. The lowest BCUT2D eigenvalue weighted by Crippen LogP contribution is -2.30. The lowest BCUT2D eigenvalue weighted by Gasteiger charge is -2.06. The van der Waals surface area contributed by atoms with E-state index in [1.54, 1.807) is 24.4 Å². The first-order valence-electron chi connectivity index (χ1n) is 12.9. The minimum atomic E-state index is -0.139. The molecule has 0 bridgehead atoms. The normalized spacial score (nSPS) is 10.7. The molecule has 0 aliphatic heterocycles. The molecule has 0 saturated carbocycles. The Balaban J connectivity index is 1.19. The van der Waals surface area contributed by atoms with Crippen molar-refractivity contribution in [3.8, 4) is 39.5 Å². The number of phenolic OH excluding ortho intramolecular Hbond substituents is 1. The van der Waals surface area contributed by atoms with Crippen LogP contribution in [0.15, 0.2) is 146 Å². The molecule has 40 heavy (non-hydrogen) atoms. The molecular formula is C34H26N4O2+2. The van der Waals surface area contributed by atoms with Crippen LogP contribution in [-0.4, -0.2) is 16.0 Å². The smallest absolute Gasteiger partial charge is 0.255 e. The molecule has 2 N–H and O–H groups in total. The van der Waals surface area contributed by atoms with E-state index in [4.69, 9.17) is 0 Å². The Morgan fingerprint density at radius 2 is 1.30 bits per heavy atom. The van der Waals surface area contributed by atoms with Crippen molar-refractivity contribution in [2.45, 2.75) is 0 Å². The Bertz CT molecular complexity index is 1770. The molecule has 1 amide bonds. The summed E-state index contributed by atoms with van der Waals surface area (Å²) in [6.07, 6.45) is 9.74. The number of amides is 1. The maximum absolute atomic E-state index is 12.5. The first-order valence-corrected chi connectivity index (χ1v) is 12.9. The lowest BCUT2D eigenvalue weighted by atomic mass is 10.1. The van der Waals surface area contributed by atoms with Crippen LogP contribution >= 0.6 is 0 Å². The molecule has 0 atom stereocenters. The molecule has 6 aromatic rings. The van der Waals surface area contributed by atoms with E-state index in [0.717, 1.165) is 33.9 Å². The minimum absolute atomic E-state index is 0.139. The summed E-state index contributed by atoms with van der Waals surface area (Å²) in [5.74, 6) is 0.0565. The molecule has 0 unspecified atom stereocenters. The van der Waals surface area contributed by atoms with Gasteiger partial charge < -0.3 is 10.4 Å². The molecule has 0 aliphatic carbocycles. The molecular weight excluding hydrogens is 496 g/mol. The third-order valence-corrected chi connectivity index (χ3v) is 6.65. The number of benzene rings is 3. The van der Waals surface area contributed by atoms with Gasteiger partial charge in [-0.2, -0.15) is 9.13 Å². The number of pyridine rings is 3. The fraction of sp³-hybridized carbons (Fsp3) is 0. The predicted octanol–water partition coefficient (Wildman–Crippen LogP) is 5.93. The summed E-state index contributed by atoms with van der Waals surface area (Å²) < 4.78 is 4.02. The van der Waals surface area contributed by atoms with Crippen LogP contribution in [0, 0.1) is 0 Å². The van der Waals surface area contributed by atoms with E-state index in [9.17, 15) is 9.90 Å². The Labute approximate surface area is 232 Å². The van der Waals surface area contributed by atoms with Crippen molar-refractivity contribution in [1.82, 2.24) is 4.98 Å². The zero-order valence-corrected chi connectivity index (χ0v) is 21.6. The summed E-state index contributed by atoms with van der Waals surface area (Å²) in [5, 5.41) is 13.3. The number of carbonyl (C=O) groups excluding carboxylic acids is 1. The van der Waals surface area contributed by atoms with E-state index in [1.165, 1.54) is 0 Å². The lowest BCUT2D eigenvalue weighted by molar-refractivity contribution is -0.596. The van der Waals surface area contributed by atoms with Crippen molar-refractivity contribution >= 4 is 11.6 Å². The SMILES string of the molecule is O=C(Nc1cccc(-[n+]2ccc(-c3cc[n+](-c4ccc(O)c(-c5ccccn5)c4)cc3)cc2)c1)c1ccccc1. The van der Waals surface area contributed by atoms with Crippen LogP contribution in [0.1, 0.15) is 10.4 Å². The minimum Gasteiger partial charge on any atom is -0.507 e. The highest BCUT2D eigenvalue weighted by molar-refractivity contribution is 6.04. The second-order valence-corrected chi connectivity index (χ2v) is 9.28. The van der Waals surface area contributed by atoms with Crippen molar-refractivity contribution < 1.29 is 19.0 Å². The third kappa shape index (κ3) is 5.33. The number of hydrogen-bond donors (Lipinski definition) is 2. The van der Waals surface area contributed by atoms with E-state index in [0.29, 0.717) is 11.1 Å². The van der Waals surface area contributed by atoms with Gasteiger partial charge >= 0.3 is 0 Å². The number of carbonyl (C=O) groups is 1. The first-order chi connectivity index (χ1) is 19.6. The van der Waals surface area contributed by atoms with Gasteiger partial charge in [-0.15, -0.1) is 0 Å². The molecule has 6 nitrogen and oxygen atoms in total. The number of aromatic nitrogens is 3. The number of aromatic hydroxyl groups is 1. The Morgan fingerprint density at radius 3 is 1.95 bits per heavy atom. The quantitative estimate of drug-likeness (QED) is 0.267. The van der Waals surface area contributed by atoms with Crippen molar-refractivity contribution in [3.05, 3.63) is 152 Å². The van der Waals surface area contributed by atoms with Crippen LogP contribution in [0.3, 0.4) is 0 Å².